The molecule has 1 saturated heterocycles. The van der Waals surface area contributed by atoms with Gasteiger partial charge in [-0.05, 0) is 42.5 Å². The van der Waals surface area contributed by atoms with Crippen molar-refractivity contribution in [1.29, 1.82) is 0 Å². The Morgan fingerprint density at radius 3 is 2.40 bits per heavy atom. The minimum absolute atomic E-state index is 0.0293. The number of carboxylic acids is 1. The minimum atomic E-state index is -1.08. The van der Waals surface area contributed by atoms with Crippen molar-refractivity contribution in [2.24, 2.45) is 0 Å². The van der Waals surface area contributed by atoms with Gasteiger partial charge >= 0.3 is 5.97 Å². The van der Waals surface area contributed by atoms with Crippen LogP contribution in [0.1, 0.15) is 16.8 Å². The summed E-state index contributed by atoms with van der Waals surface area (Å²) >= 11 is 11.9. The van der Waals surface area contributed by atoms with Crippen molar-refractivity contribution in [1.82, 2.24) is 0 Å². The molecule has 1 aliphatic rings. The van der Waals surface area contributed by atoms with Gasteiger partial charge in [-0.15, -0.1) is 0 Å². The molecule has 25 heavy (non-hydrogen) atoms. The highest BCUT2D eigenvalue weighted by molar-refractivity contribution is 6.36. The predicted octanol–water partition coefficient (Wildman–Crippen LogP) is 3.44. The highest BCUT2D eigenvalue weighted by Crippen LogP contribution is 2.29. The van der Waals surface area contributed by atoms with Crippen LogP contribution in [0.15, 0.2) is 42.5 Å². The fraction of sp³-hybridized carbons (Fsp3) is 0.118. The number of hydrogen-bond acceptors (Lipinski definition) is 4. The van der Waals surface area contributed by atoms with Crippen molar-refractivity contribution in [2.75, 3.05) is 10.2 Å². The standard InChI is InChI=1S/C17H12Cl2N2O4/c18-10-3-6-13(12(19)7-10)20-14-8-15(22)21(16(14)23)11-4-1-9(2-5-11)17(24)25/h1-7,14,20H,8H2,(H,24,25)/t14-/m1/s1. The highest BCUT2D eigenvalue weighted by Gasteiger charge is 2.39. The van der Waals surface area contributed by atoms with Gasteiger partial charge in [-0.1, -0.05) is 23.2 Å². The fourth-order valence-electron chi connectivity index (χ4n) is 2.56. The summed E-state index contributed by atoms with van der Waals surface area (Å²) in [6.45, 7) is 0. The third-order valence-electron chi connectivity index (χ3n) is 3.78. The van der Waals surface area contributed by atoms with E-state index in [1.165, 1.54) is 30.3 Å². The number of amides is 2. The van der Waals surface area contributed by atoms with E-state index in [0.29, 0.717) is 21.4 Å². The Balaban J connectivity index is 1.81. The minimum Gasteiger partial charge on any atom is -0.478 e. The highest BCUT2D eigenvalue weighted by atomic mass is 35.5. The number of nitrogens with zero attached hydrogens (tertiary/aromatic N) is 1. The Kier molecular flexibility index (Phi) is 4.65. The first kappa shape index (κ1) is 17.3. The summed E-state index contributed by atoms with van der Waals surface area (Å²) in [6, 6.07) is 9.57. The predicted molar refractivity (Wildman–Crippen MR) is 94.4 cm³/mol. The molecule has 0 bridgehead atoms. The lowest BCUT2D eigenvalue weighted by Gasteiger charge is -2.17. The van der Waals surface area contributed by atoms with E-state index in [0.717, 1.165) is 4.90 Å². The van der Waals surface area contributed by atoms with E-state index >= 15 is 0 Å². The molecule has 2 aromatic rings. The summed E-state index contributed by atoms with van der Waals surface area (Å²) in [5.74, 6) is -1.89. The van der Waals surface area contributed by atoms with Gasteiger partial charge in [0.2, 0.25) is 5.91 Å². The molecule has 1 heterocycles. The largest absolute Gasteiger partial charge is 0.478 e. The van der Waals surface area contributed by atoms with Gasteiger partial charge in [0.25, 0.3) is 5.91 Å². The summed E-state index contributed by atoms with van der Waals surface area (Å²) in [4.78, 5) is 36.7. The number of benzene rings is 2. The molecule has 128 valence electrons. The Morgan fingerprint density at radius 1 is 1.12 bits per heavy atom. The molecule has 0 aromatic heterocycles. The van der Waals surface area contributed by atoms with Gasteiger partial charge in [0.05, 0.1) is 28.4 Å². The smallest absolute Gasteiger partial charge is 0.335 e. The number of hydrogen-bond donors (Lipinski definition) is 2. The lowest BCUT2D eigenvalue weighted by Crippen LogP contribution is -2.34. The van der Waals surface area contributed by atoms with Crippen molar-refractivity contribution < 1.29 is 19.5 Å². The number of carbonyl (C=O) groups excluding carboxylic acids is 2. The molecule has 1 atom stereocenters. The van der Waals surface area contributed by atoms with Crippen molar-refractivity contribution >= 4 is 52.4 Å². The Labute approximate surface area is 153 Å². The molecule has 0 saturated carbocycles. The second-order valence-electron chi connectivity index (χ2n) is 5.44. The van der Waals surface area contributed by atoms with Crippen LogP contribution < -0.4 is 10.2 Å². The van der Waals surface area contributed by atoms with Gasteiger partial charge in [-0.3, -0.25) is 9.59 Å². The second-order valence-corrected chi connectivity index (χ2v) is 6.29. The monoisotopic (exact) mass is 378 g/mol. The average Bonchev–Trinajstić information content (AvgIpc) is 2.84. The first-order chi connectivity index (χ1) is 11.9. The molecular formula is C17H12Cl2N2O4. The van der Waals surface area contributed by atoms with Crippen LogP contribution in [0, 0.1) is 0 Å². The van der Waals surface area contributed by atoms with Gasteiger partial charge in [-0.2, -0.15) is 0 Å². The van der Waals surface area contributed by atoms with Crippen LogP contribution in [0.25, 0.3) is 0 Å². The van der Waals surface area contributed by atoms with E-state index in [9.17, 15) is 14.4 Å². The molecule has 0 unspecified atom stereocenters. The SMILES string of the molecule is O=C(O)c1ccc(N2C(=O)C[C@@H](Nc3ccc(Cl)cc3Cl)C2=O)cc1. The number of imide groups is 1. The third-order valence-corrected chi connectivity index (χ3v) is 4.33. The Morgan fingerprint density at radius 2 is 1.80 bits per heavy atom. The van der Waals surface area contributed by atoms with E-state index in [1.807, 2.05) is 0 Å². The first-order valence-electron chi connectivity index (χ1n) is 7.28. The third kappa shape index (κ3) is 3.45. The van der Waals surface area contributed by atoms with Gasteiger partial charge in [0.1, 0.15) is 6.04 Å². The molecule has 1 fully saturated rings. The zero-order valence-electron chi connectivity index (χ0n) is 12.7. The summed E-state index contributed by atoms with van der Waals surface area (Å²) in [7, 11) is 0. The van der Waals surface area contributed by atoms with Crippen molar-refractivity contribution in [3.63, 3.8) is 0 Å². The Hall–Kier alpha value is -2.57. The molecule has 0 spiro atoms. The van der Waals surface area contributed by atoms with Gasteiger partial charge in [0.15, 0.2) is 0 Å². The number of carboxylic acid groups (broad SMARTS) is 1. The Bertz CT molecular complexity index is 867. The maximum atomic E-state index is 12.6. The number of aromatic carboxylic acids is 1. The first-order valence-corrected chi connectivity index (χ1v) is 8.04. The van der Waals surface area contributed by atoms with Crippen molar-refractivity contribution in [3.8, 4) is 0 Å². The number of anilines is 2. The molecule has 2 amide bonds. The number of nitrogens with one attached hydrogen (secondary N) is 1. The molecule has 3 rings (SSSR count). The zero-order chi connectivity index (χ0) is 18.1. The second kappa shape index (κ2) is 6.74. The van der Waals surface area contributed by atoms with Crippen molar-refractivity contribution in [3.05, 3.63) is 58.1 Å². The average molecular weight is 379 g/mol. The lowest BCUT2D eigenvalue weighted by molar-refractivity contribution is -0.121. The number of rotatable bonds is 4. The fourth-order valence-corrected chi connectivity index (χ4v) is 3.03. The van der Waals surface area contributed by atoms with Crippen LogP contribution in [0.5, 0.6) is 0 Å². The van der Waals surface area contributed by atoms with E-state index in [2.05, 4.69) is 5.32 Å². The van der Waals surface area contributed by atoms with Crippen molar-refractivity contribution in [2.45, 2.75) is 12.5 Å². The zero-order valence-corrected chi connectivity index (χ0v) is 14.2. The van der Waals surface area contributed by atoms with Gasteiger partial charge in [0, 0.05) is 5.02 Å². The number of halogens is 2. The number of carbonyl (C=O) groups is 3. The van der Waals surface area contributed by atoms with E-state index < -0.39 is 17.9 Å². The van der Waals surface area contributed by atoms with Crippen LogP contribution in [0.2, 0.25) is 10.0 Å². The van der Waals surface area contributed by atoms with Crippen LogP contribution in [-0.2, 0) is 9.59 Å². The van der Waals surface area contributed by atoms with E-state index in [1.54, 1.807) is 12.1 Å². The van der Waals surface area contributed by atoms with Crippen LogP contribution in [0.3, 0.4) is 0 Å². The molecule has 0 radical (unpaired) electrons. The quantitative estimate of drug-likeness (QED) is 0.795. The summed E-state index contributed by atoms with van der Waals surface area (Å²) in [5, 5.41) is 12.7. The molecule has 0 aliphatic carbocycles. The molecule has 2 N–H and O–H groups in total. The summed E-state index contributed by atoms with van der Waals surface area (Å²) in [6.07, 6.45) is -0.0293. The summed E-state index contributed by atoms with van der Waals surface area (Å²) in [5.41, 5.74) is 0.900. The lowest BCUT2D eigenvalue weighted by atomic mass is 10.2. The maximum absolute atomic E-state index is 12.6. The molecule has 2 aromatic carbocycles. The molecule has 1 aliphatic heterocycles. The van der Waals surface area contributed by atoms with Crippen LogP contribution in [0.4, 0.5) is 11.4 Å². The topological polar surface area (TPSA) is 86.7 Å². The van der Waals surface area contributed by atoms with E-state index in [-0.39, 0.29) is 17.9 Å². The molecule has 6 nitrogen and oxygen atoms in total. The van der Waals surface area contributed by atoms with Crippen LogP contribution in [-0.4, -0.2) is 28.9 Å². The molecular weight excluding hydrogens is 367 g/mol. The molecule has 8 heteroatoms. The van der Waals surface area contributed by atoms with Gasteiger partial charge in [-0.25, -0.2) is 9.69 Å². The normalized spacial score (nSPS) is 17.0. The van der Waals surface area contributed by atoms with Crippen LogP contribution >= 0.6 is 23.2 Å². The summed E-state index contributed by atoms with van der Waals surface area (Å²) < 4.78 is 0. The maximum Gasteiger partial charge on any atom is 0.335 e. The van der Waals surface area contributed by atoms with Gasteiger partial charge < -0.3 is 10.4 Å². The van der Waals surface area contributed by atoms with E-state index in [4.69, 9.17) is 28.3 Å².